The minimum Gasteiger partial charge on any atom is -0.500 e. The van der Waals surface area contributed by atoms with Gasteiger partial charge >= 0.3 is 11.7 Å². The number of carbonyl (C=O) groups excluding carboxylic acids is 2. The standard InChI is InChI=1S/C12H11N3O6/c1-14-11(17)7(13-12(14)18)3-6-4-8(15(19)20)10(16)9(5-6)21-2/h3-5,16H,1-2H3,(H,13,18)/b7-3+. The number of amides is 3. The summed E-state index contributed by atoms with van der Waals surface area (Å²) in [5.41, 5.74) is -0.355. The van der Waals surface area contributed by atoms with Crippen LogP contribution in [0.25, 0.3) is 6.08 Å². The largest absolute Gasteiger partial charge is 0.500 e. The molecule has 1 aliphatic heterocycles. The number of benzene rings is 1. The van der Waals surface area contributed by atoms with Crippen LogP contribution < -0.4 is 10.1 Å². The van der Waals surface area contributed by atoms with Gasteiger partial charge < -0.3 is 15.2 Å². The summed E-state index contributed by atoms with van der Waals surface area (Å²) in [4.78, 5) is 34.0. The van der Waals surface area contributed by atoms with E-state index in [9.17, 15) is 24.8 Å². The van der Waals surface area contributed by atoms with Crippen LogP contribution >= 0.6 is 0 Å². The number of carbonyl (C=O) groups is 2. The molecule has 3 amide bonds. The number of nitrogens with zero attached hydrogens (tertiary/aromatic N) is 2. The second-order valence-corrected chi connectivity index (χ2v) is 4.20. The molecule has 2 N–H and O–H groups in total. The fraction of sp³-hybridized carbons (Fsp3) is 0.167. The van der Waals surface area contributed by atoms with Crippen molar-refractivity contribution >= 4 is 23.7 Å². The van der Waals surface area contributed by atoms with E-state index in [2.05, 4.69) is 5.32 Å². The van der Waals surface area contributed by atoms with Crippen molar-refractivity contribution in [3.05, 3.63) is 33.5 Å². The highest BCUT2D eigenvalue weighted by Crippen LogP contribution is 2.37. The molecule has 9 heteroatoms. The van der Waals surface area contributed by atoms with Gasteiger partial charge in [0, 0.05) is 13.1 Å². The van der Waals surface area contributed by atoms with Crippen molar-refractivity contribution in [2.45, 2.75) is 0 Å². The Hall–Kier alpha value is -3.10. The van der Waals surface area contributed by atoms with Gasteiger partial charge in [0.05, 0.1) is 12.0 Å². The molecule has 1 heterocycles. The quantitative estimate of drug-likeness (QED) is 0.368. The van der Waals surface area contributed by atoms with Crippen LogP contribution in [0.4, 0.5) is 10.5 Å². The van der Waals surface area contributed by atoms with E-state index < -0.39 is 28.3 Å². The predicted octanol–water partition coefficient (Wildman–Crippen LogP) is 0.831. The number of hydrogen-bond acceptors (Lipinski definition) is 6. The first kappa shape index (κ1) is 14.3. The molecule has 1 aromatic carbocycles. The summed E-state index contributed by atoms with van der Waals surface area (Å²) in [6.07, 6.45) is 1.26. The molecule has 0 saturated carbocycles. The molecule has 21 heavy (non-hydrogen) atoms. The second-order valence-electron chi connectivity index (χ2n) is 4.20. The highest BCUT2D eigenvalue weighted by molar-refractivity contribution is 6.13. The van der Waals surface area contributed by atoms with Gasteiger partial charge in [-0.3, -0.25) is 19.8 Å². The van der Waals surface area contributed by atoms with Crippen molar-refractivity contribution in [1.82, 2.24) is 10.2 Å². The molecule has 1 aliphatic rings. The Kier molecular flexibility index (Phi) is 3.49. The number of phenolic OH excluding ortho intramolecular Hbond substituents is 1. The van der Waals surface area contributed by atoms with E-state index in [1.54, 1.807) is 0 Å². The molecule has 2 rings (SSSR count). The molecule has 0 aromatic heterocycles. The molecular weight excluding hydrogens is 282 g/mol. The lowest BCUT2D eigenvalue weighted by molar-refractivity contribution is -0.386. The first-order valence-electron chi connectivity index (χ1n) is 5.71. The van der Waals surface area contributed by atoms with Crippen molar-refractivity contribution in [3.8, 4) is 11.5 Å². The predicted molar refractivity (Wildman–Crippen MR) is 70.6 cm³/mol. The van der Waals surface area contributed by atoms with Gasteiger partial charge in [-0.2, -0.15) is 0 Å². The molecular formula is C12H11N3O6. The van der Waals surface area contributed by atoms with Crippen LogP contribution in [0, 0.1) is 10.1 Å². The van der Waals surface area contributed by atoms with E-state index in [-0.39, 0.29) is 17.0 Å². The normalized spacial score (nSPS) is 16.3. The summed E-state index contributed by atoms with van der Waals surface area (Å²) in [6.45, 7) is 0. The van der Waals surface area contributed by atoms with Gasteiger partial charge in [-0.05, 0) is 17.7 Å². The minimum atomic E-state index is -0.777. The Morgan fingerprint density at radius 3 is 2.57 bits per heavy atom. The van der Waals surface area contributed by atoms with Crippen LogP contribution in [-0.4, -0.2) is 41.0 Å². The van der Waals surface area contributed by atoms with Crippen LogP contribution in [0.5, 0.6) is 11.5 Å². The van der Waals surface area contributed by atoms with Crippen LogP contribution in [0.3, 0.4) is 0 Å². The van der Waals surface area contributed by atoms with Crippen molar-refractivity contribution in [3.63, 3.8) is 0 Å². The van der Waals surface area contributed by atoms with Gasteiger partial charge in [0.15, 0.2) is 5.75 Å². The van der Waals surface area contributed by atoms with Crippen molar-refractivity contribution in [2.24, 2.45) is 0 Å². The number of aromatic hydroxyl groups is 1. The molecule has 1 saturated heterocycles. The summed E-state index contributed by atoms with van der Waals surface area (Å²) in [5, 5.41) is 22.8. The number of imide groups is 1. The average molecular weight is 293 g/mol. The van der Waals surface area contributed by atoms with Crippen LogP contribution in [0.15, 0.2) is 17.8 Å². The molecule has 110 valence electrons. The Morgan fingerprint density at radius 2 is 2.10 bits per heavy atom. The van der Waals surface area contributed by atoms with Gasteiger partial charge in [-0.15, -0.1) is 0 Å². The fourth-order valence-corrected chi connectivity index (χ4v) is 1.78. The Balaban J connectivity index is 2.51. The van der Waals surface area contributed by atoms with Gasteiger partial charge in [-0.1, -0.05) is 0 Å². The number of methoxy groups -OCH3 is 1. The number of nitro benzene ring substituents is 1. The van der Waals surface area contributed by atoms with E-state index in [0.717, 1.165) is 11.0 Å². The summed E-state index contributed by atoms with van der Waals surface area (Å²) in [6, 6.07) is 1.79. The topological polar surface area (TPSA) is 122 Å². The molecule has 0 spiro atoms. The average Bonchev–Trinajstić information content (AvgIpc) is 2.67. The molecule has 1 fully saturated rings. The summed E-state index contributed by atoms with van der Waals surface area (Å²) in [7, 11) is 2.55. The smallest absolute Gasteiger partial charge is 0.328 e. The van der Waals surface area contributed by atoms with E-state index in [0.29, 0.717) is 0 Å². The highest BCUT2D eigenvalue weighted by atomic mass is 16.6. The SMILES string of the molecule is COc1cc(/C=C2/NC(=O)N(C)C2=O)cc([N+](=O)[O-])c1O. The number of rotatable bonds is 3. The molecule has 9 nitrogen and oxygen atoms in total. The van der Waals surface area contributed by atoms with Crippen LogP contribution in [0.1, 0.15) is 5.56 Å². The van der Waals surface area contributed by atoms with Crippen LogP contribution in [-0.2, 0) is 4.79 Å². The number of nitrogens with one attached hydrogen (secondary N) is 1. The first-order valence-corrected chi connectivity index (χ1v) is 5.71. The van der Waals surface area contributed by atoms with Gasteiger partial charge in [-0.25, -0.2) is 4.79 Å². The van der Waals surface area contributed by atoms with E-state index in [1.165, 1.54) is 26.3 Å². The maximum atomic E-state index is 11.7. The zero-order chi connectivity index (χ0) is 15.7. The zero-order valence-electron chi connectivity index (χ0n) is 11.1. The summed E-state index contributed by atoms with van der Waals surface area (Å²) in [5.74, 6) is -1.28. The second kappa shape index (κ2) is 5.12. The first-order chi connectivity index (χ1) is 9.85. The number of nitro groups is 1. The highest BCUT2D eigenvalue weighted by Gasteiger charge is 2.30. The molecule has 0 radical (unpaired) electrons. The lowest BCUT2D eigenvalue weighted by Crippen LogP contribution is -2.25. The Morgan fingerprint density at radius 1 is 1.43 bits per heavy atom. The van der Waals surface area contributed by atoms with Crippen molar-refractivity contribution in [1.29, 1.82) is 0 Å². The third-order valence-electron chi connectivity index (χ3n) is 2.89. The van der Waals surface area contributed by atoms with E-state index in [1.807, 2.05) is 0 Å². The summed E-state index contributed by atoms with van der Waals surface area (Å²) < 4.78 is 4.84. The number of hydrogen-bond donors (Lipinski definition) is 2. The third kappa shape index (κ3) is 2.48. The lowest BCUT2D eigenvalue weighted by Gasteiger charge is -2.05. The van der Waals surface area contributed by atoms with Crippen LogP contribution in [0.2, 0.25) is 0 Å². The lowest BCUT2D eigenvalue weighted by atomic mass is 10.1. The van der Waals surface area contributed by atoms with Gasteiger partial charge in [0.1, 0.15) is 5.70 Å². The molecule has 0 atom stereocenters. The third-order valence-corrected chi connectivity index (χ3v) is 2.89. The fourth-order valence-electron chi connectivity index (χ4n) is 1.78. The number of urea groups is 1. The van der Waals surface area contributed by atoms with Gasteiger partial charge in [0.2, 0.25) is 5.75 Å². The van der Waals surface area contributed by atoms with E-state index in [4.69, 9.17) is 4.74 Å². The maximum absolute atomic E-state index is 11.7. The maximum Gasteiger partial charge on any atom is 0.328 e. The van der Waals surface area contributed by atoms with E-state index >= 15 is 0 Å². The molecule has 0 aliphatic carbocycles. The molecule has 1 aromatic rings. The summed E-state index contributed by atoms with van der Waals surface area (Å²) >= 11 is 0. The number of ether oxygens (including phenoxy) is 1. The molecule has 0 unspecified atom stereocenters. The van der Waals surface area contributed by atoms with Crippen molar-refractivity contribution in [2.75, 3.05) is 14.2 Å². The van der Waals surface area contributed by atoms with Gasteiger partial charge in [0.25, 0.3) is 5.91 Å². The Labute approximate surface area is 118 Å². The van der Waals surface area contributed by atoms with Crippen molar-refractivity contribution < 1.29 is 24.4 Å². The number of likely N-dealkylation sites (N-methyl/N-ethyl adjacent to an activating group) is 1. The number of phenols is 1. The monoisotopic (exact) mass is 293 g/mol. The minimum absolute atomic E-state index is 0.0236. The molecule has 0 bridgehead atoms. The zero-order valence-corrected chi connectivity index (χ0v) is 11.1. The Bertz CT molecular complexity index is 682.